The van der Waals surface area contributed by atoms with Gasteiger partial charge in [0, 0.05) is 31.2 Å². The number of aliphatic hydroxyl groups excluding tert-OH is 1. The van der Waals surface area contributed by atoms with Crippen LogP contribution in [0.2, 0.25) is 0 Å². The summed E-state index contributed by atoms with van der Waals surface area (Å²) in [4.78, 5) is 5.23. The molecule has 2 heterocycles. The second kappa shape index (κ2) is 4.83. The van der Waals surface area contributed by atoms with Crippen LogP contribution in [0.4, 0.5) is 0 Å². The van der Waals surface area contributed by atoms with E-state index in [0.29, 0.717) is 6.04 Å². The normalized spacial score (nSPS) is 37.9. The third-order valence-corrected chi connectivity index (χ3v) is 5.58. The summed E-state index contributed by atoms with van der Waals surface area (Å²) in [5, 5.41) is 10.7. The molecule has 0 aromatic heterocycles. The molecule has 3 heteroatoms. The molecule has 2 saturated heterocycles. The van der Waals surface area contributed by atoms with E-state index in [-0.39, 0.29) is 12.1 Å². The van der Waals surface area contributed by atoms with Crippen molar-refractivity contribution in [1.29, 1.82) is 0 Å². The monoisotopic (exact) mass is 272 g/mol. The number of aliphatic hydroxyl groups is 1. The second-order valence-corrected chi connectivity index (χ2v) is 6.75. The van der Waals surface area contributed by atoms with E-state index in [1.54, 1.807) is 0 Å². The minimum atomic E-state index is -0.304. The quantitative estimate of drug-likeness (QED) is 0.844. The van der Waals surface area contributed by atoms with Crippen molar-refractivity contribution in [1.82, 2.24) is 9.80 Å². The highest BCUT2D eigenvalue weighted by Gasteiger charge is 2.42. The molecule has 0 spiro atoms. The molecule has 2 fully saturated rings. The van der Waals surface area contributed by atoms with E-state index in [2.05, 4.69) is 34.9 Å². The molecule has 3 aliphatic rings. The zero-order valence-corrected chi connectivity index (χ0v) is 12.2. The van der Waals surface area contributed by atoms with Gasteiger partial charge in [-0.1, -0.05) is 24.3 Å². The summed E-state index contributed by atoms with van der Waals surface area (Å²) in [7, 11) is 0. The number of piperazine rings is 1. The topological polar surface area (TPSA) is 26.7 Å². The summed E-state index contributed by atoms with van der Waals surface area (Å²) < 4.78 is 0. The lowest BCUT2D eigenvalue weighted by Crippen LogP contribution is -2.58. The lowest BCUT2D eigenvalue weighted by atomic mass is 10.0. The molecule has 3 nitrogen and oxygen atoms in total. The highest BCUT2D eigenvalue weighted by atomic mass is 16.3. The van der Waals surface area contributed by atoms with Crippen LogP contribution in [0.5, 0.6) is 0 Å². The fourth-order valence-electron chi connectivity index (χ4n) is 4.52. The van der Waals surface area contributed by atoms with E-state index < -0.39 is 0 Å². The molecule has 108 valence electrons. The minimum Gasteiger partial charge on any atom is -0.387 e. The lowest BCUT2D eigenvalue weighted by molar-refractivity contribution is -0.0165. The molecular formula is C17H24N2O. The van der Waals surface area contributed by atoms with Crippen molar-refractivity contribution in [3.63, 3.8) is 0 Å². The zero-order chi connectivity index (χ0) is 13.7. The molecule has 0 radical (unpaired) electrons. The molecule has 2 aliphatic heterocycles. The van der Waals surface area contributed by atoms with Crippen LogP contribution >= 0.6 is 0 Å². The van der Waals surface area contributed by atoms with Gasteiger partial charge >= 0.3 is 0 Å². The van der Waals surface area contributed by atoms with Crippen LogP contribution in [-0.2, 0) is 6.42 Å². The fourth-order valence-corrected chi connectivity index (χ4v) is 4.52. The van der Waals surface area contributed by atoms with Gasteiger partial charge in [-0.2, -0.15) is 0 Å². The summed E-state index contributed by atoms with van der Waals surface area (Å²) in [6.07, 6.45) is 3.38. The van der Waals surface area contributed by atoms with Crippen LogP contribution in [0.1, 0.15) is 37.0 Å². The van der Waals surface area contributed by atoms with Crippen molar-refractivity contribution < 1.29 is 5.11 Å². The maximum Gasteiger partial charge on any atom is 0.0951 e. The number of benzene rings is 1. The first-order valence-corrected chi connectivity index (χ1v) is 7.99. The van der Waals surface area contributed by atoms with Gasteiger partial charge in [-0.15, -0.1) is 0 Å². The zero-order valence-electron chi connectivity index (χ0n) is 12.2. The standard InChI is InChI=1S/C17H24N2O/c1-12-10-18-8-4-6-14(18)11-19(12)16-9-13-5-2-3-7-15(13)17(16)20/h2-3,5,7,12,14,16-17,20H,4,6,8-11H2,1H3. The first-order valence-electron chi connectivity index (χ1n) is 7.99. The molecule has 0 bridgehead atoms. The Labute approximate surface area is 121 Å². The molecule has 20 heavy (non-hydrogen) atoms. The number of fused-ring (bicyclic) bond motifs is 2. The Kier molecular flexibility index (Phi) is 3.09. The van der Waals surface area contributed by atoms with Gasteiger partial charge in [0.05, 0.1) is 6.10 Å². The van der Waals surface area contributed by atoms with Gasteiger partial charge in [0.25, 0.3) is 0 Å². The molecule has 1 aromatic rings. The summed E-state index contributed by atoms with van der Waals surface area (Å²) in [6, 6.07) is 9.96. The maximum atomic E-state index is 10.7. The Morgan fingerprint density at radius 2 is 2.05 bits per heavy atom. The van der Waals surface area contributed by atoms with E-state index in [1.807, 2.05) is 6.07 Å². The third kappa shape index (κ3) is 1.92. The molecule has 1 N–H and O–H groups in total. The Morgan fingerprint density at radius 1 is 1.20 bits per heavy atom. The van der Waals surface area contributed by atoms with Crippen LogP contribution in [-0.4, -0.2) is 52.7 Å². The van der Waals surface area contributed by atoms with Crippen molar-refractivity contribution in [3.8, 4) is 0 Å². The van der Waals surface area contributed by atoms with Gasteiger partial charge in [-0.25, -0.2) is 0 Å². The summed E-state index contributed by atoms with van der Waals surface area (Å²) >= 11 is 0. The van der Waals surface area contributed by atoms with E-state index in [9.17, 15) is 5.11 Å². The van der Waals surface area contributed by atoms with Crippen molar-refractivity contribution in [2.45, 2.75) is 50.4 Å². The Bertz CT molecular complexity index is 504. The van der Waals surface area contributed by atoms with Gasteiger partial charge in [0.1, 0.15) is 0 Å². The molecule has 0 saturated carbocycles. The SMILES string of the molecule is CC1CN2CCCC2CN1C1Cc2ccccc2C1O. The maximum absolute atomic E-state index is 10.7. The van der Waals surface area contributed by atoms with Crippen LogP contribution in [0, 0.1) is 0 Å². The highest BCUT2D eigenvalue weighted by Crippen LogP contribution is 2.37. The van der Waals surface area contributed by atoms with Crippen LogP contribution < -0.4 is 0 Å². The predicted octanol–water partition coefficient (Wildman–Crippen LogP) is 1.81. The number of hydrogen-bond acceptors (Lipinski definition) is 3. The number of rotatable bonds is 1. The molecule has 4 rings (SSSR count). The Balaban J connectivity index is 1.56. The van der Waals surface area contributed by atoms with Gasteiger partial charge < -0.3 is 5.11 Å². The molecule has 1 aromatic carbocycles. The molecule has 0 amide bonds. The van der Waals surface area contributed by atoms with Gasteiger partial charge in [-0.3, -0.25) is 9.80 Å². The van der Waals surface area contributed by atoms with Gasteiger partial charge in [0.15, 0.2) is 0 Å². The Hall–Kier alpha value is -0.900. The van der Waals surface area contributed by atoms with Crippen molar-refractivity contribution >= 4 is 0 Å². The smallest absolute Gasteiger partial charge is 0.0951 e. The fraction of sp³-hybridized carbons (Fsp3) is 0.647. The molecule has 4 atom stereocenters. The average Bonchev–Trinajstić information content (AvgIpc) is 3.03. The third-order valence-electron chi connectivity index (χ3n) is 5.58. The first-order chi connectivity index (χ1) is 9.74. The largest absolute Gasteiger partial charge is 0.387 e. The lowest BCUT2D eigenvalue weighted by Gasteiger charge is -2.46. The summed E-state index contributed by atoms with van der Waals surface area (Å²) in [5.41, 5.74) is 2.49. The molecule has 1 aliphatic carbocycles. The van der Waals surface area contributed by atoms with Crippen LogP contribution in [0.3, 0.4) is 0 Å². The van der Waals surface area contributed by atoms with E-state index in [1.165, 1.54) is 31.5 Å². The number of hydrogen-bond donors (Lipinski definition) is 1. The number of nitrogens with zero attached hydrogens (tertiary/aromatic N) is 2. The van der Waals surface area contributed by atoms with Crippen molar-refractivity contribution in [3.05, 3.63) is 35.4 Å². The van der Waals surface area contributed by atoms with Crippen molar-refractivity contribution in [2.75, 3.05) is 19.6 Å². The first kappa shape index (κ1) is 12.8. The molecule has 4 unspecified atom stereocenters. The summed E-state index contributed by atoms with van der Waals surface area (Å²) in [6.45, 7) is 5.90. The van der Waals surface area contributed by atoms with E-state index in [0.717, 1.165) is 24.6 Å². The Morgan fingerprint density at radius 3 is 2.90 bits per heavy atom. The van der Waals surface area contributed by atoms with E-state index >= 15 is 0 Å². The minimum absolute atomic E-state index is 0.283. The summed E-state index contributed by atoms with van der Waals surface area (Å²) in [5.74, 6) is 0. The van der Waals surface area contributed by atoms with E-state index in [4.69, 9.17) is 0 Å². The van der Waals surface area contributed by atoms with Crippen molar-refractivity contribution in [2.24, 2.45) is 0 Å². The predicted molar refractivity (Wildman–Crippen MR) is 79.7 cm³/mol. The average molecular weight is 272 g/mol. The highest BCUT2D eigenvalue weighted by molar-refractivity contribution is 5.36. The molecular weight excluding hydrogens is 248 g/mol. The van der Waals surface area contributed by atoms with Crippen LogP contribution in [0.15, 0.2) is 24.3 Å². The van der Waals surface area contributed by atoms with Crippen LogP contribution in [0.25, 0.3) is 0 Å². The van der Waals surface area contributed by atoms with Gasteiger partial charge in [0.2, 0.25) is 0 Å². The second-order valence-electron chi connectivity index (χ2n) is 6.75. The van der Waals surface area contributed by atoms with Gasteiger partial charge in [-0.05, 0) is 43.9 Å².